The lowest BCUT2D eigenvalue weighted by Crippen LogP contribution is -2.39. The van der Waals surface area contributed by atoms with Crippen LogP contribution in [-0.2, 0) is 16.0 Å². The van der Waals surface area contributed by atoms with Crippen LogP contribution >= 0.6 is 0 Å². The number of alkyl carbamates (subject to hydrolysis) is 1. The summed E-state index contributed by atoms with van der Waals surface area (Å²) in [6, 6.07) is 23.6. The number of benzene rings is 3. The molecule has 0 aromatic heterocycles. The summed E-state index contributed by atoms with van der Waals surface area (Å²) < 4.78 is 5.57. The maximum absolute atomic E-state index is 12.5. The van der Waals surface area contributed by atoms with Crippen LogP contribution in [0.15, 0.2) is 72.8 Å². The number of aryl methyl sites for hydroxylation is 1. The molecule has 1 atom stereocenters. The van der Waals surface area contributed by atoms with Crippen molar-refractivity contribution in [3.63, 3.8) is 0 Å². The van der Waals surface area contributed by atoms with Gasteiger partial charge >= 0.3 is 12.1 Å². The van der Waals surface area contributed by atoms with Crippen LogP contribution in [0.4, 0.5) is 4.79 Å². The molecule has 0 heterocycles. The summed E-state index contributed by atoms with van der Waals surface area (Å²) in [7, 11) is 0. The van der Waals surface area contributed by atoms with Crippen molar-refractivity contribution in [3.8, 4) is 11.1 Å². The first-order chi connectivity index (χ1) is 15.0. The van der Waals surface area contributed by atoms with E-state index in [1.54, 1.807) is 0 Å². The highest BCUT2D eigenvalue weighted by Crippen LogP contribution is 2.44. The summed E-state index contributed by atoms with van der Waals surface area (Å²) in [5.41, 5.74) is 6.67. The summed E-state index contributed by atoms with van der Waals surface area (Å²) in [5.74, 6) is -0.996. The first-order valence-electron chi connectivity index (χ1n) is 10.4. The van der Waals surface area contributed by atoms with Crippen LogP contribution in [0.5, 0.6) is 0 Å². The molecule has 0 unspecified atom stereocenters. The summed E-state index contributed by atoms with van der Waals surface area (Å²) in [4.78, 5) is 23.8. The first kappa shape index (κ1) is 20.7. The minimum absolute atomic E-state index is 0.0344. The minimum atomic E-state index is -0.961. The molecule has 0 bridgehead atoms. The number of aliphatic carboxylic acids is 1. The van der Waals surface area contributed by atoms with Gasteiger partial charge in [-0.2, -0.15) is 0 Å². The van der Waals surface area contributed by atoms with Gasteiger partial charge in [0.15, 0.2) is 0 Å². The molecule has 0 aliphatic heterocycles. The second kappa shape index (κ2) is 9.04. The fraction of sp³-hybridized carbons (Fsp3) is 0.231. The van der Waals surface area contributed by atoms with E-state index in [1.165, 1.54) is 0 Å². The molecule has 2 N–H and O–H groups in total. The standard InChI is InChI=1S/C26H25NO4/c1-17-7-6-8-18(13-17)14-19(15-25(28)29)27-26(30)31-16-24-22-11-4-2-9-20(22)21-10-3-5-12-23(21)24/h2-13,19,24H,14-16H2,1H3,(H,27,30)(H,28,29)/t19-/m1/s1. The SMILES string of the molecule is Cc1cccc(C[C@H](CC(=O)O)NC(=O)OCC2c3ccccc3-c3ccccc32)c1. The number of carboxylic acids is 1. The smallest absolute Gasteiger partial charge is 0.407 e. The van der Waals surface area contributed by atoms with Gasteiger partial charge in [0.25, 0.3) is 0 Å². The largest absolute Gasteiger partial charge is 0.481 e. The van der Waals surface area contributed by atoms with E-state index in [-0.39, 0.29) is 18.9 Å². The summed E-state index contributed by atoms with van der Waals surface area (Å²) >= 11 is 0. The number of carbonyl (C=O) groups is 2. The van der Waals surface area contributed by atoms with Crippen molar-refractivity contribution in [2.45, 2.75) is 31.7 Å². The number of hydrogen-bond acceptors (Lipinski definition) is 3. The van der Waals surface area contributed by atoms with Crippen molar-refractivity contribution in [2.75, 3.05) is 6.61 Å². The van der Waals surface area contributed by atoms with E-state index in [9.17, 15) is 14.7 Å². The molecule has 0 spiro atoms. The van der Waals surface area contributed by atoms with Crippen molar-refractivity contribution in [1.29, 1.82) is 0 Å². The van der Waals surface area contributed by atoms with Gasteiger partial charge < -0.3 is 15.2 Å². The van der Waals surface area contributed by atoms with Crippen LogP contribution in [0.1, 0.15) is 34.6 Å². The summed E-state index contributed by atoms with van der Waals surface area (Å²) in [6.45, 7) is 2.18. The molecule has 3 aromatic rings. The Balaban J connectivity index is 1.43. The van der Waals surface area contributed by atoms with Crippen LogP contribution in [0, 0.1) is 6.92 Å². The third kappa shape index (κ3) is 4.77. The summed E-state index contributed by atoms with van der Waals surface area (Å²) in [5, 5.41) is 12.0. The number of carbonyl (C=O) groups excluding carboxylic acids is 1. The predicted octanol–water partition coefficient (Wildman–Crippen LogP) is 4.92. The number of hydrogen-bond donors (Lipinski definition) is 2. The van der Waals surface area contributed by atoms with Gasteiger partial charge in [0.05, 0.1) is 6.42 Å². The lowest BCUT2D eigenvalue weighted by Gasteiger charge is -2.19. The van der Waals surface area contributed by atoms with Crippen LogP contribution in [-0.4, -0.2) is 29.8 Å². The Bertz CT molecular complexity index is 1060. The van der Waals surface area contributed by atoms with Crippen LogP contribution in [0.25, 0.3) is 11.1 Å². The number of amides is 1. The molecule has 4 rings (SSSR count). The highest BCUT2D eigenvalue weighted by molar-refractivity contribution is 5.79. The van der Waals surface area contributed by atoms with E-state index in [0.29, 0.717) is 6.42 Å². The van der Waals surface area contributed by atoms with Gasteiger partial charge in [-0.3, -0.25) is 4.79 Å². The molecule has 0 saturated carbocycles. The van der Waals surface area contributed by atoms with Crippen molar-refractivity contribution < 1.29 is 19.4 Å². The Hall–Kier alpha value is -3.60. The molecule has 0 radical (unpaired) electrons. The Morgan fingerprint density at radius 2 is 1.61 bits per heavy atom. The zero-order valence-corrected chi connectivity index (χ0v) is 17.4. The monoisotopic (exact) mass is 415 g/mol. The molecule has 31 heavy (non-hydrogen) atoms. The third-order valence-electron chi connectivity index (χ3n) is 5.65. The van der Waals surface area contributed by atoms with Crippen molar-refractivity contribution in [3.05, 3.63) is 95.1 Å². The van der Waals surface area contributed by atoms with Crippen molar-refractivity contribution in [1.82, 2.24) is 5.32 Å². The minimum Gasteiger partial charge on any atom is -0.481 e. The third-order valence-corrected chi connectivity index (χ3v) is 5.65. The summed E-state index contributed by atoms with van der Waals surface area (Å²) in [6.07, 6.45) is -0.336. The van der Waals surface area contributed by atoms with E-state index in [1.807, 2.05) is 55.5 Å². The van der Waals surface area contributed by atoms with E-state index in [2.05, 4.69) is 29.6 Å². The van der Waals surface area contributed by atoms with Gasteiger partial charge in [-0.25, -0.2) is 4.79 Å². The zero-order chi connectivity index (χ0) is 21.8. The molecule has 5 heteroatoms. The topological polar surface area (TPSA) is 75.6 Å². The molecule has 1 amide bonds. The molecule has 1 aliphatic rings. The van der Waals surface area contributed by atoms with E-state index < -0.39 is 18.1 Å². The maximum Gasteiger partial charge on any atom is 0.407 e. The number of nitrogens with one attached hydrogen (secondary N) is 1. The van der Waals surface area contributed by atoms with Gasteiger partial charge in [0, 0.05) is 12.0 Å². The van der Waals surface area contributed by atoms with Gasteiger partial charge in [0.2, 0.25) is 0 Å². The van der Waals surface area contributed by atoms with Gasteiger partial charge in [0.1, 0.15) is 6.61 Å². The van der Waals surface area contributed by atoms with Crippen molar-refractivity contribution >= 4 is 12.1 Å². The Labute approximate surface area is 181 Å². The molecule has 158 valence electrons. The second-order valence-corrected chi connectivity index (χ2v) is 7.96. The quantitative estimate of drug-likeness (QED) is 0.574. The average Bonchev–Trinajstić information content (AvgIpc) is 3.06. The Morgan fingerprint density at radius 1 is 0.968 bits per heavy atom. The normalized spacial score (nSPS) is 13.2. The van der Waals surface area contributed by atoms with Crippen molar-refractivity contribution in [2.24, 2.45) is 0 Å². The van der Waals surface area contributed by atoms with E-state index >= 15 is 0 Å². The lowest BCUT2D eigenvalue weighted by molar-refractivity contribution is -0.137. The molecule has 3 aromatic carbocycles. The number of carboxylic acid groups (broad SMARTS) is 1. The molecular weight excluding hydrogens is 390 g/mol. The fourth-order valence-electron chi connectivity index (χ4n) is 4.32. The zero-order valence-electron chi connectivity index (χ0n) is 17.4. The predicted molar refractivity (Wildman–Crippen MR) is 119 cm³/mol. The molecule has 0 fully saturated rings. The second-order valence-electron chi connectivity index (χ2n) is 7.96. The molecule has 5 nitrogen and oxygen atoms in total. The van der Waals surface area contributed by atoms with Gasteiger partial charge in [-0.05, 0) is 41.2 Å². The number of ether oxygens (including phenoxy) is 1. The number of rotatable bonds is 7. The van der Waals surface area contributed by atoms with Crippen LogP contribution in [0.3, 0.4) is 0 Å². The highest BCUT2D eigenvalue weighted by Gasteiger charge is 2.29. The van der Waals surface area contributed by atoms with Gasteiger partial charge in [-0.15, -0.1) is 0 Å². The number of fused-ring (bicyclic) bond motifs is 3. The maximum atomic E-state index is 12.5. The van der Waals surface area contributed by atoms with E-state index in [4.69, 9.17) is 4.74 Å². The van der Waals surface area contributed by atoms with E-state index in [0.717, 1.165) is 33.4 Å². The molecule has 0 saturated heterocycles. The Kier molecular flexibility index (Phi) is 6.03. The van der Waals surface area contributed by atoms with Crippen LogP contribution in [0.2, 0.25) is 0 Å². The average molecular weight is 415 g/mol. The van der Waals surface area contributed by atoms with Gasteiger partial charge in [-0.1, -0.05) is 78.4 Å². The fourth-order valence-corrected chi connectivity index (χ4v) is 4.32. The molecular formula is C26H25NO4. The highest BCUT2D eigenvalue weighted by atomic mass is 16.5. The first-order valence-corrected chi connectivity index (χ1v) is 10.4. The lowest BCUT2D eigenvalue weighted by atomic mass is 9.98. The molecule has 1 aliphatic carbocycles. The Morgan fingerprint density at radius 3 is 2.23 bits per heavy atom. The van der Waals surface area contributed by atoms with Crippen LogP contribution < -0.4 is 5.32 Å².